The molecule has 194 valence electrons. The van der Waals surface area contributed by atoms with Crippen molar-refractivity contribution in [2.24, 2.45) is 0 Å². The van der Waals surface area contributed by atoms with Gasteiger partial charge in [0.05, 0.1) is 43.1 Å². The van der Waals surface area contributed by atoms with Gasteiger partial charge in [0.1, 0.15) is 17.3 Å². The first kappa shape index (κ1) is 22.5. The second kappa shape index (κ2) is 7.87. The molecule has 0 saturated carbocycles. The van der Waals surface area contributed by atoms with Crippen molar-refractivity contribution in [3.05, 3.63) is 115 Å². The van der Waals surface area contributed by atoms with Crippen molar-refractivity contribution in [3.8, 4) is 28.5 Å². The van der Waals surface area contributed by atoms with Gasteiger partial charge in [-0.1, -0.05) is 60.7 Å². The molecule has 0 aliphatic carbocycles. The smallest absolute Gasteiger partial charge is 0.210 e. The average Bonchev–Trinajstić information content (AvgIpc) is 3.60. The lowest BCUT2D eigenvalue weighted by molar-refractivity contribution is 0.594. The van der Waals surface area contributed by atoms with Gasteiger partial charge < -0.3 is 0 Å². The summed E-state index contributed by atoms with van der Waals surface area (Å²) in [6.07, 6.45) is 0. The largest absolute Gasteiger partial charge is 0.290 e. The van der Waals surface area contributed by atoms with E-state index >= 15 is 0 Å². The molecule has 4 heterocycles. The first-order chi connectivity index (χ1) is 20.1. The van der Waals surface area contributed by atoms with Gasteiger partial charge >= 0.3 is 0 Å². The van der Waals surface area contributed by atoms with Gasteiger partial charge in [-0.05, 0) is 54.6 Å². The van der Waals surface area contributed by atoms with Crippen LogP contribution >= 0.6 is 0 Å². The van der Waals surface area contributed by atoms with Gasteiger partial charge in [0.25, 0.3) is 0 Å². The predicted octanol–water partition coefficient (Wildman–Crippen LogP) is 6.85. The lowest BCUT2D eigenvalue weighted by Gasteiger charge is -2.22. The zero-order valence-electron chi connectivity index (χ0n) is 21.4. The van der Waals surface area contributed by atoms with Crippen LogP contribution in [0.2, 0.25) is 0 Å². The molecule has 0 spiro atoms. The summed E-state index contributed by atoms with van der Waals surface area (Å²) in [5.74, 6) is 1.33. The fraction of sp³-hybridized carbons (Fsp3) is 0. The third-order valence-electron chi connectivity index (χ3n) is 7.85. The zero-order chi connectivity index (χ0) is 27.3. The predicted molar refractivity (Wildman–Crippen MR) is 159 cm³/mol. The molecule has 0 radical (unpaired) electrons. The van der Waals surface area contributed by atoms with E-state index in [2.05, 4.69) is 0 Å². The summed E-state index contributed by atoms with van der Waals surface area (Å²) in [6.45, 7) is 0. The van der Waals surface area contributed by atoms with E-state index in [0.29, 0.717) is 33.9 Å². The molecular weight excluding hydrogens is 530 g/mol. The zero-order valence-corrected chi connectivity index (χ0v) is 22.2. The Labute approximate surface area is 233 Å². The van der Waals surface area contributed by atoms with E-state index < -0.39 is 9.84 Å². The number of nitrogens with zero attached hydrogens (tertiary/aromatic N) is 5. The number of para-hydroxylation sites is 4. The van der Waals surface area contributed by atoms with Crippen LogP contribution < -0.4 is 0 Å². The maximum absolute atomic E-state index is 14.2. The summed E-state index contributed by atoms with van der Waals surface area (Å²) in [6, 6.07) is 36.5. The van der Waals surface area contributed by atoms with Crippen molar-refractivity contribution >= 4 is 48.5 Å². The molecule has 0 unspecified atom stereocenters. The lowest BCUT2D eigenvalue weighted by atomic mass is 10.1. The van der Waals surface area contributed by atoms with E-state index in [1.54, 1.807) is 18.2 Å². The molecular formula is C33H19N5O2S. The number of aromatic nitrogens is 5. The van der Waals surface area contributed by atoms with Gasteiger partial charge in [0.2, 0.25) is 9.84 Å². The second-order valence-corrected chi connectivity index (χ2v) is 12.0. The maximum Gasteiger partial charge on any atom is 0.210 e. The highest BCUT2D eigenvalue weighted by atomic mass is 32.2. The van der Waals surface area contributed by atoms with Crippen molar-refractivity contribution in [1.29, 1.82) is 0 Å². The van der Waals surface area contributed by atoms with E-state index in [-0.39, 0.29) is 9.79 Å². The minimum absolute atomic E-state index is 0.220. The van der Waals surface area contributed by atoms with Gasteiger partial charge in [-0.3, -0.25) is 8.97 Å². The fourth-order valence-corrected chi connectivity index (χ4v) is 7.70. The SMILES string of the molecule is O=S1(=O)c2cc(-c3nc4ccccc4c4nc5ccccc5n34)ccc2-n2c(-c3ccccc3)nc3cccc1c32. The van der Waals surface area contributed by atoms with E-state index in [9.17, 15) is 8.42 Å². The molecule has 8 heteroatoms. The number of hydrogen-bond acceptors (Lipinski definition) is 5. The molecule has 5 aromatic carbocycles. The Kier molecular flexibility index (Phi) is 4.31. The number of benzene rings is 5. The lowest BCUT2D eigenvalue weighted by Crippen LogP contribution is -2.15. The van der Waals surface area contributed by atoms with Crippen LogP contribution in [0.25, 0.3) is 67.1 Å². The van der Waals surface area contributed by atoms with Gasteiger partial charge in [-0.25, -0.2) is 23.4 Å². The number of hydrogen-bond donors (Lipinski definition) is 0. The maximum atomic E-state index is 14.2. The summed E-state index contributed by atoms with van der Waals surface area (Å²) in [5.41, 5.74) is 6.72. The molecule has 7 nitrogen and oxygen atoms in total. The number of imidazole rings is 2. The highest BCUT2D eigenvalue weighted by Crippen LogP contribution is 2.43. The van der Waals surface area contributed by atoms with Crippen LogP contribution in [0.15, 0.2) is 125 Å². The van der Waals surface area contributed by atoms with Gasteiger partial charge in [-0.2, -0.15) is 0 Å². The average molecular weight is 550 g/mol. The fourth-order valence-electron chi connectivity index (χ4n) is 6.04. The van der Waals surface area contributed by atoms with E-state index in [0.717, 1.165) is 33.1 Å². The van der Waals surface area contributed by atoms with E-state index in [1.165, 1.54) is 0 Å². The highest BCUT2D eigenvalue weighted by molar-refractivity contribution is 7.92. The molecule has 8 aromatic rings. The summed E-state index contributed by atoms with van der Waals surface area (Å²) in [7, 11) is -3.85. The standard InChI is InChI=1S/C33H19N5O2S/c39-41(40)28-16-8-14-25-30(28)37(31(36-25)20-9-2-1-3-10-20)27-18-17-21(19-29(27)41)32-34-23-12-5-4-11-22(23)33-35-24-13-6-7-15-26(24)38(32)33/h1-19H. The summed E-state index contributed by atoms with van der Waals surface area (Å²) < 4.78 is 32.3. The molecule has 0 N–H and O–H groups in total. The van der Waals surface area contributed by atoms with Crippen LogP contribution in [-0.4, -0.2) is 32.3 Å². The molecule has 0 bridgehead atoms. The Morgan fingerprint density at radius 1 is 0.561 bits per heavy atom. The Hall–Kier alpha value is -5.34. The third kappa shape index (κ3) is 2.97. The molecule has 3 aromatic heterocycles. The van der Waals surface area contributed by atoms with Crippen LogP contribution in [0.5, 0.6) is 0 Å². The third-order valence-corrected chi connectivity index (χ3v) is 9.67. The first-order valence-corrected chi connectivity index (χ1v) is 14.7. The summed E-state index contributed by atoms with van der Waals surface area (Å²) in [5, 5.41) is 0.931. The molecule has 9 rings (SSSR count). The topological polar surface area (TPSA) is 82.1 Å². The van der Waals surface area contributed by atoms with Crippen molar-refractivity contribution in [2.75, 3.05) is 0 Å². The molecule has 1 aliphatic rings. The van der Waals surface area contributed by atoms with Crippen molar-refractivity contribution < 1.29 is 8.42 Å². The quantitative estimate of drug-likeness (QED) is 0.235. The van der Waals surface area contributed by atoms with Crippen molar-refractivity contribution in [1.82, 2.24) is 23.9 Å². The van der Waals surface area contributed by atoms with Crippen molar-refractivity contribution in [3.63, 3.8) is 0 Å². The molecule has 0 saturated heterocycles. The van der Waals surface area contributed by atoms with Gasteiger partial charge in [0.15, 0.2) is 0 Å². The molecule has 0 amide bonds. The van der Waals surface area contributed by atoms with Crippen LogP contribution in [-0.2, 0) is 9.84 Å². The second-order valence-electron chi connectivity index (χ2n) is 10.2. The van der Waals surface area contributed by atoms with Crippen LogP contribution in [0.4, 0.5) is 0 Å². The highest BCUT2D eigenvalue weighted by Gasteiger charge is 2.34. The van der Waals surface area contributed by atoms with Crippen LogP contribution in [0.3, 0.4) is 0 Å². The van der Waals surface area contributed by atoms with Gasteiger partial charge in [-0.15, -0.1) is 0 Å². The van der Waals surface area contributed by atoms with Crippen LogP contribution in [0.1, 0.15) is 0 Å². The molecule has 0 atom stereocenters. The van der Waals surface area contributed by atoms with Gasteiger partial charge in [0, 0.05) is 16.5 Å². The number of sulfone groups is 1. The monoisotopic (exact) mass is 549 g/mol. The molecule has 1 aliphatic heterocycles. The number of fused-ring (bicyclic) bond motifs is 7. The van der Waals surface area contributed by atoms with E-state index in [4.69, 9.17) is 15.0 Å². The normalized spacial score (nSPS) is 13.8. The van der Waals surface area contributed by atoms with Crippen molar-refractivity contribution in [2.45, 2.75) is 9.79 Å². The van der Waals surface area contributed by atoms with E-state index in [1.807, 2.05) is 106 Å². The minimum Gasteiger partial charge on any atom is -0.290 e. The molecule has 41 heavy (non-hydrogen) atoms. The summed E-state index contributed by atoms with van der Waals surface area (Å²) in [4.78, 5) is 15.3. The minimum atomic E-state index is -3.85. The molecule has 0 fully saturated rings. The summed E-state index contributed by atoms with van der Waals surface area (Å²) >= 11 is 0. The Morgan fingerprint density at radius 2 is 1.29 bits per heavy atom. The Balaban J connectivity index is 1.38. The van der Waals surface area contributed by atoms with Crippen LogP contribution in [0, 0.1) is 0 Å². The Morgan fingerprint density at radius 3 is 2.17 bits per heavy atom. The first-order valence-electron chi connectivity index (χ1n) is 13.2. The number of rotatable bonds is 2. The Bertz CT molecular complexity index is 2500.